The number of nitrogens with one attached hydrogen (secondary N) is 1. The van der Waals surface area contributed by atoms with Crippen LogP contribution in [0.15, 0.2) is 24.3 Å². The van der Waals surface area contributed by atoms with E-state index in [9.17, 15) is 5.11 Å². The molecule has 1 aliphatic heterocycles. The second kappa shape index (κ2) is 7.92. The van der Waals surface area contributed by atoms with Crippen molar-refractivity contribution in [3.05, 3.63) is 35.4 Å². The van der Waals surface area contributed by atoms with Gasteiger partial charge in [-0.2, -0.15) is 0 Å². The van der Waals surface area contributed by atoms with Crippen molar-refractivity contribution in [1.29, 1.82) is 0 Å². The maximum absolute atomic E-state index is 9.24. The molecule has 1 aromatic rings. The van der Waals surface area contributed by atoms with E-state index in [-0.39, 0.29) is 6.61 Å². The number of aliphatic hydroxyl groups excluding tert-OH is 1. The Balaban J connectivity index is 1.86. The molecule has 1 unspecified atom stereocenters. The molecule has 0 radical (unpaired) electrons. The van der Waals surface area contributed by atoms with Crippen molar-refractivity contribution in [3.8, 4) is 0 Å². The summed E-state index contributed by atoms with van der Waals surface area (Å²) in [5.41, 5.74) is 2.25. The van der Waals surface area contributed by atoms with Crippen molar-refractivity contribution in [1.82, 2.24) is 10.2 Å². The van der Waals surface area contributed by atoms with Gasteiger partial charge in [-0.15, -0.1) is 0 Å². The van der Waals surface area contributed by atoms with E-state index >= 15 is 0 Å². The van der Waals surface area contributed by atoms with Gasteiger partial charge < -0.3 is 10.4 Å². The van der Waals surface area contributed by atoms with Crippen LogP contribution >= 0.6 is 0 Å². The first-order valence-electron chi connectivity index (χ1n) is 8.27. The molecular weight excluding hydrogens is 260 g/mol. The average molecular weight is 290 g/mol. The standard InChI is InChI=1S/C18H30N2O/c1-14(2)12-20-9-5-8-18(20)11-19-15(3)17-7-4-6-16(10-17)13-21/h4,6-7,10,14-15,18-19,21H,5,8-9,11-13H2,1-3H3/t15?,18-/m1/s1. The molecule has 3 nitrogen and oxygen atoms in total. The lowest BCUT2D eigenvalue weighted by Gasteiger charge is -2.27. The van der Waals surface area contributed by atoms with Gasteiger partial charge in [0.2, 0.25) is 0 Å². The van der Waals surface area contributed by atoms with Gasteiger partial charge in [0.1, 0.15) is 0 Å². The number of rotatable bonds is 7. The first-order valence-corrected chi connectivity index (χ1v) is 8.27. The minimum atomic E-state index is 0.116. The van der Waals surface area contributed by atoms with Crippen LogP contribution in [0, 0.1) is 5.92 Å². The molecule has 1 fully saturated rings. The van der Waals surface area contributed by atoms with Gasteiger partial charge in [-0.1, -0.05) is 38.1 Å². The van der Waals surface area contributed by atoms with E-state index in [1.165, 1.54) is 31.5 Å². The van der Waals surface area contributed by atoms with E-state index in [1.54, 1.807) is 0 Å². The number of hydrogen-bond acceptors (Lipinski definition) is 3. The second-order valence-corrected chi connectivity index (χ2v) is 6.72. The molecule has 0 aromatic heterocycles. The molecule has 0 bridgehead atoms. The Kier molecular flexibility index (Phi) is 6.22. The monoisotopic (exact) mass is 290 g/mol. The van der Waals surface area contributed by atoms with E-state index in [2.05, 4.69) is 43.1 Å². The topological polar surface area (TPSA) is 35.5 Å². The van der Waals surface area contributed by atoms with Crippen LogP contribution in [-0.2, 0) is 6.61 Å². The van der Waals surface area contributed by atoms with Gasteiger partial charge in [-0.3, -0.25) is 4.90 Å². The molecule has 2 atom stereocenters. The summed E-state index contributed by atoms with van der Waals surface area (Å²) < 4.78 is 0. The lowest BCUT2D eigenvalue weighted by atomic mass is 10.0. The molecule has 1 saturated heterocycles. The Morgan fingerprint density at radius 1 is 1.33 bits per heavy atom. The third-order valence-electron chi connectivity index (χ3n) is 4.39. The zero-order chi connectivity index (χ0) is 15.2. The number of likely N-dealkylation sites (tertiary alicyclic amines) is 1. The highest BCUT2D eigenvalue weighted by Gasteiger charge is 2.24. The molecule has 0 aliphatic carbocycles. The van der Waals surface area contributed by atoms with E-state index in [0.29, 0.717) is 12.1 Å². The molecule has 2 rings (SSSR count). The van der Waals surface area contributed by atoms with Crippen LogP contribution in [0.1, 0.15) is 50.8 Å². The number of hydrogen-bond donors (Lipinski definition) is 2. The van der Waals surface area contributed by atoms with Crippen LogP contribution < -0.4 is 5.32 Å². The first kappa shape index (κ1) is 16.5. The molecule has 2 N–H and O–H groups in total. The molecule has 1 aliphatic rings. The van der Waals surface area contributed by atoms with E-state index in [0.717, 1.165) is 18.0 Å². The third kappa shape index (κ3) is 4.80. The summed E-state index contributed by atoms with van der Waals surface area (Å²) in [5.74, 6) is 0.740. The van der Waals surface area contributed by atoms with Crippen molar-refractivity contribution < 1.29 is 5.11 Å². The second-order valence-electron chi connectivity index (χ2n) is 6.72. The van der Waals surface area contributed by atoms with Crippen LogP contribution in [0.3, 0.4) is 0 Å². The van der Waals surface area contributed by atoms with Crippen LogP contribution in [0.25, 0.3) is 0 Å². The summed E-state index contributed by atoms with van der Waals surface area (Å²) in [6, 6.07) is 9.24. The largest absolute Gasteiger partial charge is 0.392 e. The van der Waals surface area contributed by atoms with Crippen molar-refractivity contribution in [2.24, 2.45) is 5.92 Å². The number of benzene rings is 1. The fourth-order valence-electron chi connectivity index (χ4n) is 3.23. The van der Waals surface area contributed by atoms with Gasteiger partial charge in [0.25, 0.3) is 0 Å². The van der Waals surface area contributed by atoms with E-state index < -0.39 is 0 Å². The molecule has 1 aromatic carbocycles. The minimum Gasteiger partial charge on any atom is -0.392 e. The SMILES string of the molecule is CC(C)CN1CCC[C@@H]1CNC(C)c1cccc(CO)c1. The van der Waals surface area contributed by atoms with Gasteiger partial charge in [0.05, 0.1) is 6.61 Å². The molecule has 118 valence electrons. The Morgan fingerprint density at radius 3 is 2.86 bits per heavy atom. The van der Waals surface area contributed by atoms with Gasteiger partial charge in [-0.05, 0) is 43.4 Å². The summed E-state index contributed by atoms with van der Waals surface area (Å²) in [6.45, 7) is 10.4. The highest BCUT2D eigenvalue weighted by atomic mass is 16.3. The van der Waals surface area contributed by atoms with E-state index in [4.69, 9.17) is 0 Å². The third-order valence-corrected chi connectivity index (χ3v) is 4.39. The molecule has 3 heteroatoms. The minimum absolute atomic E-state index is 0.116. The Bertz CT molecular complexity index is 433. The van der Waals surface area contributed by atoms with Crippen molar-refractivity contribution in [2.75, 3.05) is 19.6 Å². The average Bonchev–Trinajstić information content (AvgIpc) is 2.91. The van der Waals surface area contributed by atoms with Gasteiger partial charge in [0.15, 0.2) is 0 Å². The van der Waals surface area contributed by atoms with Crippen LogP contribution in [0.5, 0.6) is 0 Å². The summed E-state index contributed by atoms with van der Waals surface area (Å²) in [7, 11) is 0. The molecule has 21 heavy (non-hydrogen) atoms. The lowest BCUT2D eigenvalue weighted by molar-refractivity contribution is 0.218. The molecule has 0 amide bonds. The summed E-state index contributed by atoms with van der Waals surface area (Å²) in [5, 5.41) is 12.9. The highest BCUT2D eigenvalue weighted by molar-refractivity contribution is 5.25. The van der Waals surface area contributed by atoms with Gasteiger partial charge in [0, 0.05) is 25.2 Å². The van der Waals surface area contributed by atoms with Crippen molar-refractivity contribution in [3.63, 3.8) is 0 Å². The molecule has 1 heterocycles. The Morgan fingerprint density at radius 2 is 2.14 bits per heavy atom. The van der Waals surface area contributed by atoms with Crippen LogP contribution in [0.4, 0.5) is 0 Å². The van der Waals surface area contributed by atoms with Crippen molar-refractivity contribution in [2.45, 2.75) is 52.3 Å². The predicted octanol–water partition coefficient (Wildman–Crippen LogP) is 2.95. The van der Waals surface area contributed by atoms with Crippen molar-refractivity contribution >= 4 is 0 Å². The number of aliphatic hydroxyl groups is 1. The molecular formula is C18H30N2O. The maximum atomic E-state index is 9.24. The Hall–Kier alpha value is -0.900. The highest BCUT2D eigenvalue weighted by Crippen LogP contribution is 2.20. The van der Waals surface area contributed by atoms with Gasteiger partial charge in [-0.25, -0.2) is 0 Å². The fraction of sp³-hybridized carbons (Fsp3) is 0.667. The predicted molar refractivity (Wildman–Crippen MR) is 88.2 cm³/mol. The quantitative estimate of drug-likeness (QED) is 0.810. The zero-order valence-corrected chi connectivity index (χ0v) is 13.7. The zero-order valence-electron chi connectivity index (χ0n) is 13.7. The molecule has 0 saturated carbocycles. The van der Waals surface area contributed by atoms with Gasteiger partial charge >= 0.3 is 0 Å². The summed E-state index contributed by atoms with van der Waals surface area (Å²) in [4.78, 5) is 2.63. The molecule has 0 spiro atoms. The van der Waals surface area contributed by atoms with Crippen LogP contribution in [-0.4, -0.2) is 35.7 Å². The first-order chi connectivity index (χ1) is 10.1. The van der Waals surface area contributed by atoms with Crippen LogP contribution in [0.2, 0.25) is 0 Å². The lowest BCUT2D eigenvalue weighted by Crippen LogP contribution is -2.40. The summed E-state index contributed by atoms with van der Waals surface area (Å²) in [6.07, 6.45) is 2.64. The van der Waals surface area contributed by atoms with E-state index in [1.807, 2.05) is 12.1 Å². The Labute approximate surface area is 129 Å². The fourth-order valence-corrected chi connectivity index (χ4v) is 3.23. The number of nitrogens with zero attached hydrogens (tertiary/aromatic N) is 1. The maximum Gasteiger partial charge on any atom is 0.0681 e. The normalized spacial score (nSPS) is 21.1. The smallest absolute Gasteiger partial charge is 0.0681 e. The summed E-state index contributed by atoms with van der Waals surface area (Å²) >= 11 is 0.